The molecule has 2 atom stereocenters. The topological polar surface area (TPSA) is 3.24 Å². The molecule has 5 rings (SSSR count). The van der Waals surface area contributed by atoms with Gasteiger partial charge in [-0.15, -0.1) is 0 Å². The lowest BCUT2D eigenvalue weighted by molar-refractivity contribution is -0.137. The minimum atomic E-state index is -4.34. The number of hydrogen-bond acceptors (Lipinski definition) is 1. The molecule has 0 amide bonds. The van der Waals surface area contributed by atoms with Crippen molar-refractivity contribution in [2.75, 3.05) is 11.4 Å². The molecule has 0 bridgehead atoms. The zero-order valence-corrected chi connectivity index (χ0v) is 15.6. The van der Waals surface area contributed by atoms with E-state index in [1.807, 2.05) is 6.07 Å². The first-order valence-corrected chi connectivity index (χ1v) is 10.0. The highest BCUT2D eigenvalue weighted by Crippen LogP contribution is 2.52. The third-order valence-corrected chi connectivity index (χ3v) is 6.67. The van der Waals surface area contributed by atoms with Crippen molar-refractivity contribution in [2.45, 2.75) is 63.6 Å². The molecule has 142 valence electrons. The SMILES string of the molecule is Cc1ccc(-c2cc3c4c(c2)[C@@H]2CCCC[C@@H]2N4CCC3)c(C(F)(F)F)c1. The zero-order chi connectivity index (χ0) is 18.8. The van der Waals surface area contributed by atoms with E-state index in [0.717, 1.165) is 31.4 Å². The van der Waals surface area contributed by atoms with Crippen LogP contribution in [0.15, 0.2) is 30.3 Å². The highest BCUT2D eigenvalue weighted by molar-refractivity contribution is 5.78. The molecule has 4 heteroatoms. The maximum absolute atomic E-state index is 13.7. The molecule has 1 aliphatic carbocycles. The predicted octanol–water partition coefficient (Wildman–Crippen LogP) is 6.47. The fourth-order valence-electron chi connectivity index (χ4n) is 5.57. The van der Waals surface area contributed by atoms with E-state index in [2.05, 4.69) is 11.0 Å². The van der Waals surface area contributed by atoms with Gasteiger partial charge < -0.3 is 4.90 Å². The van der Waals surface area contributed by atoms with Gasteiger partial charge in [0.1, 0.15) is 0 Å². The average Bonchev–Trinajstić information content (AvgIpc) is 2.97. The summed E-state index contributed by atoms with van der Waals surface area (Å²) >= 11 is 0. The number of benzene rings is 2. The second-order valence-corrected chi connectivity index (χ2v) is 8.38. The van der Waals surface area contributed by atoms with Crippen LogP contribution in [0, 0.1) is 6.92 Å². The third kappa shape index (κ3) is 2.67. The van der Waals surface area contributed by atoms with E-state index in [1.54, 1.807) is 19.1 Å². The molecule has 0 unspecified atom stereocenters. The number of anilines is 1. The molecular formula is C23H24F3N. The Morgan fingerprint density at radius 2 is 1.81 bits per heavy atom. The Bertz CT molecular complexity index is 899. The van der Waals surface area contributed by atoms with Crippen LogP contribution in [0.4, 0.5) is 18.9 Å². The molecule has 1 saturated carbocycles. The van der Waals surface area contributed by atoms with Crippen molar-refractivity contribution in [1.82, 2.24) is 0 Å². The molecular weight excluding hydrogens is 347 g/mol. The van der Waals surface area contributed by atoms with Crippen molar-refractivity contribution in [3.63, 3.8) is 0 Å². The fraction of sp³-hybridized carbons (Fsp3) is 0.478. The van der Waals surface area contributed by atoms with E-state index in [1.165, 1.54) is 42.1 Å². The monoisotopic (exact) mass is 371 g/mol. The summed E-state index contributed by atoms with van der Waals surface area (Å²) in [5.41, 5.74) is 5.10. The number of rotatable bonds is 1. The molecule has 1 fully saturated rings. The summed E-state index contributed by atoms with van der Waals surface area (Å²) in [7, 11) is 0. The fourth-order valence-corrected chi connectivity index (χ4v) is 5.57. The highest BCUT2D eigenvalue weighted by atomic mass is 19.4. The lowest BCUT2D eigenvalue weighted by atomic mass is 9.81. The lowest BCUT2D eigenvalue weighted by Crippen LogP contribution is -2.38. The van der Waals surface area contributed by atoms with Crippen molar-refractivity contribution in [3.8, 4) is 11.1 Å². The van der Waals surface area contributed by atoms with Crippen LogP contribution in [0.3, 0.4) is 0 Å². The quantitative estimate of drug-likeness (QED) is 0.555. The average molecular weight is 371 g/mol. The minimum Gasteiger partial charge on any atom is -0.367 e. The Kier molecular flexibility index (Phi) is 3.82. The van der Waals surface area contributed by atoms with Crippen LogP contribution in [0.2, 0.25) is 0 Å². The van der Waals surface area contributed by atoms with Gasteiger partial charge in [0.25, 0.3) is 0 Å². The van der Waals surface area contributed by atoms with Gasteiger partial charge >= 0.3 is 6.18 Å². The molecule has 3 aliphatic rings. The van der Waals surface area contributed by atoms with Gasteiger partial charge in [0, 0.05) is 24.2 Å². The number of aryl methyl sites for hydroxylation is 2. The Labute approximate surface area is 158 Å². The summed E-state index contributed by atoms with van der Waals surface area (Å²) in [5, 5.41) is 0. The van der Waals surface area contributed by atoms with E-state index in [0.29, 0.717) is 23.1 Å². The second-order valence-electron chi connectivity index (χ2n) is 8.38. The van der Waals surface area contributed by atoms with Crippen LogP contribution < -0.4 is 4.90 Å². The van der Waals surface area contributed by atoms with Gasteiger partial charge in [0.15, 0.2) is 0 Å². The van der Waals surface area contributed by atoms with Gasteiger partial charge in [-0.1, -0.05) is 30.5 Å². The number of fused-ring (bicyclic) bond motifs is 3. The summed E-state index contributed by atoms with van der Waals surface area (Å²) in [4.78, 5) is 2.57. The van der Waals surface area contributed by atoms with Crippen molar-refractivity contribution in [3.05, 3.63) is 52.6 Å². The molecule has 2 aliphatic heterocycles. The van der Waals surface area contributed by atoms with E-state index < -0.39 is 11.7 Å². The minimum absolute atomic E-state index is 0.323. The van der Waals surface area contributed by atoms with Crippen LogP contribution in [0.25, 0.3) is 11.1 Å². The molecule has 0 N–H and O–H groups in total. The maximum Gasteiger partial charge on any atom is 0.417 e. The van der Waals surface area contributed by atoms with Crippen LogP contribution in [-0.4, -0.2) is 12.6 Å². The molecule has 2 aromatic rings. The summed E-state index contributed by atoms with van der Waals surface area (Å²) in [6.07, 6.45) is 2.61. The predicted molar refractivity (Wildman–Crippen MR) is 102 cm³/mol. The van der Waals surface area contributed by atoms with Crippen LogP contribution in [0.5, 0.6) is 0 Å². The van der Waals surface area contributed by atoms with E-state index in [9.17, 15) is 13.2 Å². The number of halogens is 3. The lowest BCUT2D eigenvalue weighted by Gasteiger charge is -2.36. The van der Waals surface area contributed by atoms with Crippen LogP contribution >= 0.6 is 0 Å². The summed E-state index contributed by atoms with van der Waals surface area (Å²) in [6, 6.07) is 9.39. The van der Waals surface area contributed by atoms with E-state index in [-0.39, 0.29) is 0 Å². The van der Waals surface area contributed by atoms with Gasteiger partial charge in [-0.25, -0.2) is 0 Å². The van der Waals surface area contributed by atoms with E-state index in [4.69, 9.17) is 0 Å². The third-order valence-electron chi connectivity index (χ3n) is 6.67. The van der Waals surface area contributed by atoms with Gasteiger partial charge in [-0.05, 0) is 73.1 Å². The Balaban J connectivity index is 1.70. The van der Waals surface area contributed by atoms with Crippen molar-refractivity contribution in [1.29, 1.82) is 0 Å². The second kappa shape index (κ2) is 6.02. The van der Waals surface area contributed by atoms with Gasteiger partial charge in [0.05, 0.1) is 5.56 Å². The van der Waals surface area contributed by atoms with Crippen molar-refractivity contribution in [2.24, 2.45) is 0 Å². The first-order valence-electron chi connectivity index (χ1n) is 10.0. The first kappa shape index (κ1) is 17.2. The van der Waals surface area contributed by atoms with Crippen molar-refractivity contribution < 1.29 is 13.2 Å². The number of nitrogens with zero attached hydrogens (tertiary/aromatic N) is 1. The maximum atomic E-state index is 13.7. The van der Waals surface area contributed by atoms with Gasteiger partial charge in [-0.2, -0.15) is 13.2 Å². The molecule has 0 saturated heterocycles. The molecule has 2 aromatic carbocycles. The van der Waals surface area contributed by atoms with E-state index >= 15 is 0 Å². The van der Waals surface area contributed by atoms with Crippen LogP contribution in [0.1, 0.15) is 60.3 Å². The van der Waals surface area contributed by atoms with Crippen LogP contribution in [-0.2, 0) is 12.6 Å². The molecule has 27 heavy (non-hydrogen) atoms. The van der Waals surface area contributed by atoms with Gasteiger partial charge in [-0.3, -0.25) is 0 Å². The standard InChI is InChI=1S/C23H24F3N/c1-14-8-9-17(20(11-14)23(24,25)26)16-12-15-5-4-10-27-21-7-3-2-6-18(21)19(13-16)22(15)27/h8-9,11-13,18,21H,2-7,10H2,1H3/t18-,21-/m0/s1. The Morgan fingerprint density at radius 3 is 2.63 bits per heavy atom. The largest absolute Gasteiger partial charge is 0.417 e. The molecule has 0 radical (unpaired) electrons. The van der Waals surface area contributed by atoms with Gasteiger partial charge in [0.2, 0.25) is 0 Å². The molecule has 0 aromatic heterocycles. The number of alkyl halides is 3. The zero-order valence-electron chi connectivity index (χ0n) is 15.6. The first-order chi connectivity index (χ1) is 12.9. The molecule has 0 spiro atoms. The highest BCUT2D eigenvalue weighted by Gasteiger charge is 2.42. The molecule has 1 nitrogen and oxygen atoms in total. The summed E-state index contributed by atoms with van der Waals surface area (Å²) < 4.78 is 41.1. The normalized spacial score (nSPS) is 23.9. The van der Waals surface area contributed by atoms with Crippen molar-refractivity contribution >= 4 is 5.69 Å². The molecule has 2 heterocycles. The summed E-state index contributed by atoms with van der Waals surface area (Å²) in [6.45, 7) is 2.81. The summed E-state index contributed by atoms with van der Waals surface area (Å²) in [5.74, 6) is 0.491. The Morgan fingerprint density at radius 1 is 1.00 bits per heavy atom. The Hall–Kier alpha value is -1.97. The number of hydrogen-bond donors (Lipinski definition) is 0. The smallest absolute Gasteiger partial charge is 0.367 e.